The highest BCUT2D eigenvalue weighted by Gasteiger charge is 2.21. The lowest BCUT2D eigenvalue weighted by Gasteiger charge is -2.22. The highest BCUT2D eigenvalue weighted by atomic mass is 16.5. The minimum Gasteiger partial charge on any atom is -0.495 e. The Morgan fingerprint density at radius 3 is 2.53 bits per heavy atom. The van der Waals surface area contributed by atoms with Crippen LogP contribution in [0, 0.1) is 0 Å². The molecule has 1 aromatic carbocycles. The summed E-state index contributed by atoms with van der Waals surface area (Å²) in [6.07, 6.45) is 3.62. The van der Waals surface area contributed by atoms with E-state index in [9.17, 15) is 5.11 Å². The average molecular weight is 257 g/mol. The first-order chi connectivity index (χ1) is 9.26. The van der Waals surface area contributed by atoms with Gasteiger partial charge in [-0.25, -0.2) is 0 Å². The van der Waals surface area contributed by atoms with Gasteiger partial charge in [0, 0.05) is 17.7 Å². The summed E-state index contributed by atoms with van der Waals surface area (Å²) in [7, 11) is 1.60. The van der Waals surface area contributed by atoms with Crippen LogP contribution in [-0.4, -0.2) is 17.2 Å². The number of pyridine rings is 1. The van der Waals surface area contributed by atoms with Crippen molar-refractivity contribution in [3.8, 4) is 5.75 Å². The predicted molar refractivity (Wildman–Crippen MR) is 75.2 cm³/mol. The fraction of sp³-hybridized carbons (Fsp3) is 0.312. The summed E-state index contributed by atoms with van der Waals surface area (Å²) in [6, 6.07) is 11.9. The van der Waals surface area contributed by atoms with Gasteiger partial charge in [0.1, 0.15) is 5.75 Å². The third-order valence-corrected chi connectivity index (χ3v) is 3.36. The zero-order valence-electron chi connectivity index (χ0n) is 11.3. The van der Waals surface area contributed by atoms with Gasteiger partial charge in [0.15, 0.2) is 0 Å². The van der Waals surface area contributed by atoms with E-state index in [1.165, 1.54) is 0 Å². The number of benzene rings is 1. The first-order valence-corrected chi connectivity index (χ1v) is 6.48. The molecule has 3 nitrogen and oxygen atoms in total. The second-order valence-electron chi connectivity index (χ2n) is 4.53. The smallest absolute Gasteiger partial charge is 0.137 e. The number of aliphatic hydroxyl groups is 1. The number of nitrogens with zero attached hydrogens (tertiary/aromatic N) is 1. The largest absolute Gasteiger partial charge is 0.495 e. The molecule has 0 fully saturated rings. The molecule has 2 atom stereocenters. The van der Waals surface area contributed by atoms with Crippen LogP contribution in [0.15, 0.2) is 48.8 Å². The van der Waals surface area contributed by atoms with E-state index in [2.05, 4.69) is 11.9 Å². The van der Waals surface area contributed by atoms with Crippen molar-refractivity contribution < 1.29 is 9.84 Å². The third-order valence-electron chi connectivity index (χ3n) is 3.36. The van der Waals surface area contributed by atoms with Crippen LogP contribution in [0.5, 0.6) is 5.75 Å². The van der Waals surface area contributed by atoms with E-state index in [1.54, 1.807) is 19.5 Å². The van der Waals surface area contributed by atoms with Crippen LogP contribution in [-0.2, 0) is 0 Å². The van der Waals surface area contributed by atoms with Crippen LogP contribution in [0.1, 0.15) is 36.5 Å². The van der Waals surface area contributed by atoms with Crippen molar-refractivity contribution in [3.05, 3.63) is 59.9 Å². The molecule has 0 aliphatic heterocycles. The number of methoxy groups -OCH3 is 1. The predicted octanol–water partition coefficient (Wildman–Crippen LogP) is 3.32. The molecule has 1 heterocycles. The maximum atomic E-state index is 10.6. The van der Waals surface area contributed by atoms with E-state index in [-0.39, 0.29) is 5.92 Å². The van der Waals surface area contributed by atoms with Crippen LogP contribution in [0.4, 0.5) is 0 Å². The van der Waals surface area contributed by atoms with Crippen LogP contribution in [0.3, 0.4) is 0 Å². The van der Waals surface area contributed by atoms with Gasteiger partial charge in [-0.2, -0.15) is 0 Å². The minimum atomic E-state index is -0.574. The van der Waals surface area contributed by atoms with Gasteiger partial charge in [-0.05, 0) is 18.1 Å². The van der Waals surface area contributed by atoms with Gasteiger partial charge in [0.25, 0.3) is 0 Å². The number of aliphatic hydroxyl groups excluding tert-OH is 1. The number of ether oxygens (including phenoxy) is 1. The Kier molecular flexibility index (Phi) is 4.53. The van der Waals surface area contributed by atoms with Gasteiger partial charge in [-0.3, -0.25) is 4.98 Å². The Bertz CT molecular complexity index is 513. The van der Waals surface area contributed by atoms with Gasteiger partial charge in [0.2, 0.25) is 0 Å². The van der Waals surface area contributed by atoms with E-state index in [0.29, 0.717) is 5.75 Å². The quantitative estimate of drug-likeness (QED) is 0.893. The van der Waals surface area contributed by atoms with Crippen molar-refractivity contribution in [1.82, 2.24) is 4.98 Å². The Labute approximate surface area is 113 Å². The maximum Gasteiger partial charge on any atom is 0.137 e. The minimum absolute atomic E-state index is 0.0649. The molecular formula is C16H19NO2. The summed E-state index contributed by atoms with van der Waals surface area (Å²) in [4.78, 5) is 4.10. The van der Waals surface area contributed by atoms with Crippen LogP contribution in [0.2, 0.25) is 0 Å². The molecule has 0 saturated heterocycles. The van der Waals surface area contributed by atoms with Crippen molar-refractivity contribution in [1.29, 1.82) is 0 Å². The summed E-state index contributed by atoms with van der Waals surface area (Å²) in [6.45, 7) is 2.08. The molecule has 0 bridgehead atoms. The number of hydrogen-bond acceptors (Lipinski definition) is 3. The van der Waals surface area contributed by atoms with E-state index in [4.69, 9.17) is 4.74 Å². The fourth-order valence-corrected chi connectivity index (χ4v) is 2.28. The van der Waals surface area contributed by atoms with Crippen molar-refractivity contribution in [3.63, 3.8) is 0 Å². The molecule has 2 rings (SSSR count). The maximum absolute atomic E-state index is 10.6. The molecule has 100 valence electrons. The number of rotatable bonds is 5. The van der Waals surface area contributed by atoms with Crippen LogP contribution >= 0.6 is 0 Å². The highest BCUT2D eigenvalue weighted by molar-refractivity contribution is 5.29. The molecule has 2 unspecified atom stereocenters. The molecule has 1 aromatic heterocycles. The summed E-state index contributed by atoms with van der Waals surface area (Å²) in [5, 5.41) is 10.6. The molecule has 0 amide bonds. The normalized spacial score (nSPS) is 13.8. The summed E-state index contributed by atoms with van der Waals surface area (Å²) >= 11 is 0. The molecule has 0 aliphatic rings. The zero-order chi connectivity index (χ0) is 13.7. The molecule has 0 aliphatic carbocycles. The van der Waals surface area contributed by atoms with Crippen molar-refractivity contribution in [2.45, 2.75) is 25.4 Å². The molecular weight excluding hydrogens is 238 g/mol. The average Bonchev–Trinajstić information content (AvgIpc) is 2.49. The fourth-order valence-electron chi connectivity index (χ4n) is 2.28. The molecule has 3 heteroatoms. The summed E-state index contributed by atoms with van der Waals surface area (Å²) in [5.74, 6) is 0.731. The van der Waals surface area contributed by atoms with Crippen molar-refractivity contribution in [2.24, 2.45) is 0 Å². The van der Waals surface area contributed by atoms with Gasteiger partial charge in [-0.1, -0.05) is 37.3 Å². The Morgan fingerprint density at radius 2 is 1.89 bits per heavy atom. The SMILES string of the molecule is CCC(c1ccccc1)C(O)c1cncc(OC)c1. The Balaban J connectivity index is 2.27. The monoisotopic (exact) mass is 257 g/mol. The summed E-state index contributed by atoms with van der Waals surface area (Å²) in [5.41, 5.74) is 1.93. The van der Waals surface area contributed by atoms with Gasteiger partial charge < -0.3 is 9.84 Å². The Hall–Kier alpha value is -1.87. The van der Waals surface area contributed by atoms with E-state index in [0.717, 1.165) is 17.5 Å². The van der Waals surface area contributed by atoms with E-state index in [1.807, 2.05) is 36.4 Å². The first-order valence-electron chi connectivity index (χ1n) is 6.48. The van der Waals surface area contributed by atoms with Crippen molar-refractivity contribution in [2.75, 3.05) is 7.11 Å². The second kappa shape index (κ2) is 6.34. The van der Waals surface area contributed by atoms with Crippen LogP contribution in [0.25, 0.3) is 0 Å². The lowest BCUT2D eigenvalue weighted by molar-refractivity contribution is 0.142. The first kappa shape index (κ1) is 13.6. The van der Waals surface area contributed by atoms with Gasteiger partial charge in [-0.15, -0.1) is 0 Å². The molecule has 0 saturated carbocycles. The lowest BCUT2D eigenvalue weighted by Crippen LogP contribution is -2.10. The summed E-state index contributed by atoms with van der Waals surface area (Å²) < 4.78 is 5.15. The highest BCUT2D eigenvalue weighted by Crippen LogP contribution is 2.34. The molecule has 0 spiro atoms. The molecule has 0 radical (unpaired) electrons. The van der Waals surface area contributed by atoms with Crippen LogP contribution < -0.4 is 4.74 Å². The number of aromatic nitrogens is 1. The van der Waals surface area contributed by atoms with Crippen molar-refractivity contribution >= 4 is 0 Å². The molecule has 2 aromatic rings. The second-order valence-corrected chi connectivity index (χ2v) is 4.53. The lowest BCUT2D eigenvalue weighted by atomic mass is 9.88. The van der Waals surface area contributed by atoms with Gasteiger partial charge >= 0.3 is 0 Å². The standard InChI is InChI=1S/C16H19NO2/c1-3-15(12-7-5-4-6-8-12)16(18)13-9-14(19-2)11-17-10-13/h4-11,15-16,18H,3H2,1-2H3. The molecule has 1 N–H and O–H groups in total. The topological polar surface area (TPSA) is 42.4 Å². The Morgan fingerprint density at radius 1 is 1.16 bits per heavy atom. The van der Waals surface area contributed by atoms with E-state index < -0.39 is 6.10 Å². The zero-order valence-corrected chi connectivity index (χ0v) is 11.3. The van der Waals surface area contributed by atoms with Gasteiger partial charge in [0.05, 0.1) is 19.4 Å². The number of hydrogen-bond donors (Lipinski definition) is 1. The van der Waals surface area contributed by atoms with E-state index >= 15 is 0 Å². The molecule has 19 heavy (non-hydrogen) atoms. The third kappa shape index (κ3) is 3.12.